The second kappa shape index (κ2) is 6.30. The first-order valence-corrected chi connectivity index (χ1v) is 8.13. The highest BCUT2D eigenvalue weighted by Gasteiger charge is 2.19. The maximum Gasteiger partial charge on any atom is 0.165 e. The van der Waals surface area contributed by atoms with Crippen LogP contribution in [0.15, 0.2) is 36.7 Å². The predicted molar refractivity (Wildman–Crippen MR) is 92.3 cm³/mol. The lowest BCUT2D eigenvalue weighted by atomic mass is 10.0. The number of hydrogen-bond donors (Lipinski definition) is 2. The number of anilines is 2. The third-order valence-electron chi connectivity index (χ3n) is 4.19. The van der Waals surface area contributed by atoms with E-state index in [9.17, 15) is 4.39 Å². The Morgan fingerprint density at radius 2 is 2.12 bits per heavy atom. The van der Waals surface area contributed by atoms with Crippen LogP contribution in [0.3, 0.4) is 0 Å². The van der Waals surface area contributed by atoms with Gasteiger partial charge in [-0.3, -0.25) is 0 Å². The standard InChI is InChI=1S/C17H15ClFN5/c18-11-2-1-3-13(15(11)19)24-17-16-14(21-9-22-17)5-4-12(23-16)10-6-7-20-8-10/h1-5,9-10,20H,6-8H2,(H,21,22,24)/t10-/m0/s1. The lowest BCUT2D eigenvalue weighted by Gasteiger charge is -2.12. The quantitative estimate of drug-likeness (QED) is 0.760. The summed E-state index contributed by atoms with van der Waals surface area (Å²) in [4.78, 5) is 13.2. The van der Waals surface area contributed by atoms with Crippen molar-refractivity contribution in [2.24, 2.45) is 0 Å². The number of pyridine rings is 1. The van der Waals surface area contributed by atoms with Gasteiger partial charge in [-0.1, -0.05) is 17.7 Å². The van der Waals surface area contributed by atoms with E-state index in [0.717, 1.165) is 25.2 Å². The van der Waals surface area contributed by atoms with E-state index in [1.54, 1.807) is 12.1 Å². The zero-order chi connectivity index (χ0) is 16.5. The fourth-order valence-corrected chi connectivity index (χ4v) is 3.08. The Kier molecular flexibility index (Phi) is 4.00. The molecular formula is C17H15ClFN5. The first-order valence-electron chi connectivity index (χ1n) is 7.76. The molecule has 1 fully saturated rings. The summed E-state index contributed by atoms with van der Waals surface area (Å²) in [6.07, 6.45) is 2.49. The molecule has 0 aliphatic carbocycles. The highest BCUT2D eigenvalue weighted by atomic mass is 35.5. The van der Waals surface area contributed by atoms with Crippen LogP contribution in [0.2, 0.25) is 5.02 Å². The largest absolute Gasteiger partial charge is 0.336 e. The van der Waals surface area contributed by atoms with Crippen LogP contribution in [-0.2, 0) is 0 Å². The summed E-state index contributed by atoms with van der Waals surface area (Å²) >= 11 is 5.84. The monoisotopic (exact) mass is 343 g/mol. The molecule has 0 amide bonds. The molecular weight excluding hydrogens is 329 g/mol. The van der Waals surface area contributed by atoms with Crippen molar-refractivity contribution in [3.05, 3.63) is 53.2 Å². The number of nitrogens with zero attached hydrogens (tertiary/aromatic N) is 3. The van der Waals surface area contributed by atoms with Gasteiger partial charge in [0.1, 0.15) is 11.8 Å². The minimum atomic E-state index is -0.512. The smallest absolute Gasteiger partial charge is 0.165 e. The summed E-state index contributed by atoms with van der Waals surface area (Å²) in [6.45, 7) is 1.91. The number of benzene rings is 1. The number of fused-ring (bicyclic) bond motifs is 1. The summed E-state index contributed by atoms with van der Waals surface area (Å²) in [7, 11) is 0. The molecule has 1 atom stereocenters. The van der Waals surface area contributed by atoms with Crippen LogP contribution < -0.4 is 10.6 Å². The molecule has 0 radical (unpaired) electrons. The van der Waals surface area contributed by atoms with Crippen molar-refractivity contribution in [1.82, 2.24) is 20.3 Å². The molecule has 1 aromatic carbocycles. The molecule has 5 nitrogen and oxygen atoms in total. The first-order chi connectivity index (χ1) is 11.7. The van der Waals surface area contributed by atoms with Crippen molar-refractivity contribution >= 4 is 34.1 Å². The van der Waals surface area contributed by atoms with Crippen LogP contribution in [0.1, 0.15) is 18.0 Å². The average molecular weight is 344 g/mol. The second-order valence-corrected chi connectivity index (χ2v) is 6.15. The van der Waals surface area contributed by atoms with Gasteiger partial charge in [0.2, 0.25) is 0 Å². The minimum Gasteiger partial charge on any atom is -0.336 e. The Bertz CT molecular complexity index is 895. The first kappa shape index (κ1) is 15.2. The van der Waals surface area contributed by atoms with Crippen molar-refractivity contribution in [2.45, 2.75) is 12.3 Å². The molecule has 0 unspecified atom stereocenters. The van der Waals surface area contributed by atoms with Crippen LogP contribution in [0.5, 0.6) is 0 Å². The van der Waals surface area contributed by atoms with E-state index >= 15 is 0 Å². The zero-order valence-electron chi connectivity index (χ0n) is 12.8. The molecule has 3 heterocycles. The van der Waals surface area contributed by atoms with Gasteiger partial charge in [0.15, 0.2) is 11.6 Å². The van der Waals surface area contributed by atoms with E-state index in [1.807, 2.05) is 12.1 Å². The Hall–Kier alpha value is -2.31. The lowest BCUT2D eigenvalue weighted by molar-refractivity contribution is 0.632. The van der Waals surface area contributed by atoms with Gasteiger partial charge in [0.05, 0.1) is 16.2 Å². The summed E-state index contributed by atoms with van der Waals surface area (Å²) in [5, 5.41) is 6.38. The van der Waals surface area contributed by atoms with Gasteiger partial charge < -0.3 is 10.6 Å². The topological polar surface area (TPSA) is 62.7 Å². The van der Waals surface area contributed by atoms with Crippen molar-refractivity contribution in [3.8, 4) is 0 Å². The number of hydrogen-bond acceptors (Lipinski definition) is 5. The fraction of sp³-hybridized carbons (Fsp3) is 0.235. The molecule has 24 heavy (non-hydrogen) atoms. The molecule has 4 rings (SSSR count). The molecule has 0 saturated carbocycles. The molecule has 0 spiro atoms. The molecule has 1 saturated heterocycles. The molecule has 3 aromatic rings. The van der Waals surface area contributed by atoms with Crippen molar-refractivity contribution in [2.75, 3.05) is 18.4 Å². The van der Waals surface area contributed by atoms with E-state index in [-0.39, 0.29) is 10.7 Å². The van der Waals surface area contributed by atoms with Gasteiger partial charge in [0.25, 0.3) is 0 Å². The van der Waals surface area contributed by atoms with Crippen molar-refractivity contribution in [1.29, 1.82) is 0 Å². The van der Waals surface area contributed by atoms with Crippen molar-refractivity contribution in [3.63, 3.8) is 0 Å². The number of rotatable bonds is 3. The zero-order valence-corrected chi connectivity index (χ0v) is 13.5. The second-order valence-electron chi connectivity index (χ2n) is 5.74. The Morgan fingerprint density at radius 3 is 2.96 bits per heavy atom. The van der Waals surface area contributed by atoms with Gasteiger partial charge in [-0.05, 0) is 37.2 Å². The minimum absolute atomic E-state index is 0.0593. The van der Waals surface area contributed by atoms with E-state index in [2.05, 4.69) is 20.6 Å². The summed E-state index contributed by atoms with van der Waals surface area (Å²) in [6, 6.07) is 8.72. The van der Waals surface area contributed by atoms with E-state index in [4.69, 9.17) is 16.6 Å². The van der Waals surface area contributed by atoms with Crippen LogP contribution in [0, 0.1) is 5.82 Å². The molecule has 1 aliphatic heterocycles. The molecule has 1 aliphatic rings. The van der Waals surface area contributed by atoms with E-state index in [0.29, 0.717) is 22.8 Å². The number of aromatic nitrogens is 3. The normalized spacial score (nSPS) is 17.3. The van der Waals surface area contributed by atoms with Gasteiger partial charge in [-0.15, -0.1) is 0 Å². The average Bonchev–Trinajstić information content (AvgIpc) is 3.13. The van der Waals surface area contributed by atoms with Gasteiger partial charge in [-0.2, -0.15) is 0 Å². The Labute approximate surface area is 143 Å². The number of halogens is 2. The van der Waals surface area contributed by atoms with E-state index < -0.39 is 5.82 Å². The number of nitrogens with one attached hydrogen (secondary N) is 2. The Morgan fingerprint density at radius 1 is 1.21 bits per heavy atom. The van der Waals surface area contributed by atoms with Gasteiger partial charge >= 0.3 is 0 Å². The molecule has 0 bridgehead atoms. The lowest BCUT2D eigenvalue weighted by Crippen LogP contribution is -2.09. The molecule has 2 aromatic heterocycles. The van der Waals surface area contributed by atoms with Crippen molar-refractivity contribution < 1.29 is 4.39 Å². The van der Waals surface area contributed by atoms with Crippen LogP contribution in [0.4, 0.5) is 15.9 Å². The van der Waals surface area contributed by atoms with Crippen LogP contribution in [0.25, 0.3) is 11.0 Å². The third kappa shape index (κ3) is 2.79. The maximum absolute atomic E-state index is 14.1. The highest BCUT2D eigenvalue weighted by molar-refractivity contribution is 6.31. The van der Waals surface area contributed by atoms with Crippen LogP contribution in [-0.4, -0.2) is 28.0 Å². The Balaban J connectivity index is 1.76. The third-order valence-corrected chi connectivity index (χ3v) is 4.48. The van der Waals surface area contributed by atoms with E-state index in [1.165, 1.54) is 12.4 Å². The van der Waals surface area contributed by atoms with Crippen LogP contribution >= 0.6 is 11.6 Å². The predicted octanol–water partition coefficient (Wildman–Crippen LogP) is 3.64. The molecule has 122 valence electrons. The summed E-state index contributed by atoms with van der Waals surface area (Å²) < 4.78 is 14.1. The molecule has 2 N–H and O–H groups in total. The maximum atomic E-state index is 14.1. The van der Waals surface area contributed by atoms with Gasteiger partial charge in [0, 0.05) is 18.2 Å². The molecule has 7 heteroatoms. The SMILES string of the molecule is Fc1c(Cl)cccc1Nc1ncnc2ccc([C@H]3CCNC3)nc12. The fourth-order valence-electron chi connectivity index (χ4n) is 2.91. The van der Waals surface area contributed by atoms with Gasteiger partial charge in [-0.25, -0.2) is 19.3 Å². The summed E-state index contributed by atoms with van der Waals surface area (Å²) in [5.74, 6) is 0.335. The highest BCUT2D eigenvalue weighted by Crippen LogP contribution is 2.28. The summed E-state index contributed by atoms with van der Waals surface area (Å²) in [5.41, 5.74) is 2.60.